The fourth-order valence-corrected chi connectivity index (χ4v) is 4.25. The minimum absolute atomic E-state index is 0.00519. The predicted octanol–water partition coefficient (Wildman–Crippen LogP) is 12.5. The summed E-state index contributed by atoms with van der Waals surface area (Å²) in [6.45, 7) is 12.6. The molecule has 3 rings (SSSR count). The molecule has 0 atom stereocenters. The summed E-state index contributed by atoms with van der Waals surface area (Å²) in [6, 6.07) is 7.10. The van der Waals surface area contributed by atoms with E-state index in [0.717, 1.165) is 12.1 Å². The normalized spacial score (nSPS) is 12.2. The van der Waals surface area contributed by atoms with Crippen LogP contribution < -0.4 is 0 Å². The molecule has 0 aliphatic rings. The van der Waals surface area contributed by atoms with Crippen molar-refractivity contribution in [2.45, 2.75) is 91.7 Å². The molecule has 0 aliphatic heterocycles. The molecule has 0 spiro atoms. The zero-order valence-corrected chi connectivity index (χ0v) is 25.3. The molecule has 0 unspecified atom stereocenters. The van der Waals surface area contributed by atoms with Gasteiger partial charge >= 0.3 is 18.5 Å². The summed E-state index contributed by atoms with van der Waals surface area (Å²) >= 11 is 0. The van der Waals surface area contributed by atoms with Gasteiger partial charge in [-0.3, -0.25) is 0 Å². The quantitative estimate of drug-likeness (QED) is 0.249. The van der Waals surface area contributed by atoms with Crippen LogP contribution in [0.25, 0.3) is 0 Å². The van der Waals surface area contributed by atoms with Crippen molar-refractivity contribution in [1.29, 1.82) is 0 Å². The first-order valence-corrected chi connectivity index (χ1v) is 13.4. The summed E-state index contributed by atoms with van der Waals surface area (Å²) in [6.07, 6.45) is -13.4. The predicted molar refractivity (Wildman–Crippen MR) is 146 cm³/mol. The van der Waals surface area contributed by atoms with Crippen molar-refractivity contribution in [2.24, 2.45) is 0 Å². The van der Waals surface area contributed by atoms with E-state index in [1.165, 1.54) is 26.8 Å². The molecule has 0 radical (unpaired) electrons. The van der Waals surface area contributed by atoms with Gasteiger partial charge in [-0.25, -0.2) is 13.2 Å². The van der Waals surface area contributed by atoms with Crippen molar-refractivity contribution >= 4 is 0 Å². The third kappa shape index (κ3) is 10.8. The van der Waals surface area contributed by atoms with E-state index < -0.39 is 64.2 Å². The maximum absolute atomic E-state index is 13.2. The monoisotopic (exact) mass is 646 g/mol. The van der Waals surface area contributed by atoms with Crippen LogP contribution in [-0.4, -0.2) is 0 Å². The average Bonchev–Trinajstić information content (AvgIpc) is 2.83. The molecule has 0 amide bonds. The minimum atomic E-state index is -4.73. The number of hydrogen-bond donors (Lipinski definition) is 0. The van der Waals surface area contributed by atoms with Gasteiger partial charge in [0, 0.05) is 11.6 Å². The molecule has 12 heteroatoms. The molecule has 0 N–H and O–H groups in total. The van der Waals surface area contributed by atoms with E-state index in [2.05, 4.69) is 0 Å². The molecule has 3 aromatic rings. The van der Waals surface area contributed by atoms with Crippen molar-refractivity contribution < 1.29 is 52.7 Å². The lowest BCUT2D eigenvalue weighted by Gasteiger charge is -2.16. The Bertz CT molecular complexity index is 1390. The maximum atomic E-state index is 13.2. The molecule has 44 heavy (non-hydrogen) atoms. The lowest BCUT2D eigenvalue weighted by molar-refractivity contribution is -0.139. The van der Waals surface area contributed by atoms with Crippen LogP contribution in [0.1, 0.15) is 104 Å². The number of hydrogen-bond acceptors (Lipinski definition) is 0. The summed E-state index contributed by atoms with van der Waals surface area (Å²) in [5.41, 5.74) is -1.95. The molecule has 0 bridgehead atoms. The van der Waals surface area contributed by atoms with Crippen molar-refractivity contribution in [3.05, 3.63) is 104 Å². The highest BCUT2D eigenvalue weighted by Gasteiger charge is 2.37. The zero-order valence-electron chi connectivity index (χ0n) is 25.3. The second-order valence-corrected chi connectivity index (χ2v) is 11.1. The van der Waals surface area contributed by atoms with Crippen LogP contribution in [0.2, 0.25) is 0 Å². The molecule has 0 fully saturated rings. The number of benzene rings is 3. The van der Waals surface area contributed by atoms with Crippen molar-refractivity contribution in [3.8, 4) is 0 Å². The van der Waals surface area contributed by atoms with Gasteiger partial charge in [0.2, 0.25) is 0 Å². The van der Waals surface area contributed by atoms with E-state index in [4.69, 9.17) is 0 Å². The average molecular weight is 647 g/mol. The smallest absolute Gasteiger partial charge is 0.207 e. The second kappa shape index (κ2) is 14.7. The van der Waals surface area contributed by atoms with Crippen LogP contribution in [0.15, 0.2) is 42.5 Å². The van der Waals surface area contributed by atoms with E-state index in [0.29, 0.717) is 23.3 Å². The zero-order chi connectivity index (χ0) is 34.5. The fourth-order valence-electron chi connectivity index (χ4n) is 4.25. The van der Waals surface area contributed by atoms with Crippen LogP contribution >= 0.6 is 0 Å². The van der Waals surface area contributed by atoms with Gasteiger partial charge in [-0.1, -0.05) is 59.2 Å². The van der Waals surface area contributed by atoms with Gasteiger partial charge < -0.3 is 0 Å². The van der Waals surface area contributed by atoms with Crippen LogP contribution in [0.3, 0.4) is 0 Å². The number of halogens is 12. The van der Waals surface area contributed by atoms with Gasteiger partial charge in [0.1, 0.15) is 17.5 Å². The topological polar surface area (TPSA) is 0 Å². The second-order valence-electron chi connectivity index (χ2n) is 11.1. The number of aryl methyl sites for hydroxylation is 2. The van der Waals surface area contributed by atoms with Gasteiger partial charge in [-0.15, -0.1) is 0 Å². The first-order chi connectivity index (χ1) is 19.8. The highest BCUT2D eigenvalue weighted by Crippen LogP contribution is 2.38. The van der Waals surface area contributed by atoms with E-state index in [1.54, 1.807) is 46.8 Å². The first kappa shape index (κ1) is 38.8. The van der Waals surface area contributed by atoms with Gasteiger partial charge in [-0.2, -0.15) is 39.5 Å². The lowest BCUT2D eigenvalue weighted by Crippen LogP contribution is -2.12. The van der Waals surface area contributed by atoms with Crippen LogP contribution in [0.5, 0.6) is 0 Å². The SMILES string of the molecule is CC(C)c1c(F)cc(F)cc1C(F)(F)F.Cc1cc(C(F)(F)F)c(C(C)C)cc1F.Cc1ccc(C(C)C)c(C(F)(F)F)c1. The Morgan fingerprint density at radius 2 is 0.932 bits per heavy atom. The molecule has 0 saturated carbocycles. The van der Waals surface area contributed by atoms with E-state index >= 15 is 0 Å². The lowest BCUT2D eigenvalue weighted by atomic mass is 9.95. The van der Waals surface area contributed by atoms with E-state index in [9.17, 15) is 52.7 Å². The Labute approximate surface area is 249 Å². The molecule has 0 saturated heterocycles. The summed E-state index contributed by atoms with van der Waals surface area (Å²) in [5.74, 6) is -4.07. The fraction of sp³-hybridized carbons (Fsp3) is 0.438. The summed E-state index contributed by atoms with van der Waals surface area (Å²) in [5, 5.41) is 0. The molecule has 3 aromatic carbocycles. The van der Waals surface area contributed by atoms with Crippen molar-refractivity contribution in [2.75, 3.05) is 0 Å². The summed E-state index contributed by atoms with van der Waals surface area (Å²) < 4.78 is 152. The van der Waals surface area contributed by atoms with Crippen molar-refractivity contribution in [1.82, 2.24) is 0 Å². The van der Waals surface area contributed by atoms with Crippen LogP contribution in [0, 0.1) is 31.3 Å². The third-order valence-corrected chi connectivity index (χ3v) is 6.37. The standard InChI is InChI=1S/C11H12F4.C11H13F3.C10H9F5/c1-6(2)8-5-10(12)7(3)4-9(8)11(13,14)15;1-7(2)9-5-4-8(3)6-10(9)11(12,13)14;1-5(2)9-7(10(13,14)15)3-6(11)4-8(9)12/h4-6H,1-3H3;4-7H,1-3H3;3-5H,1-2H3. The minimum Gasteiger partial charge on any atom is -0.207 e. The maximum Gasteiger partial charge on any atom is 0.416 e. The Kier molecular flexibility index (Phi) is 13.0. The Hall–Kier alpha value is -3.18. The largest absolute Gasteiger partial charge is 0.416 e. The molecule has 0 heterocycles. The summed E-state index contributed by atoms with van der Waals surface area (Å²) in [7, 11) is 0. The Morgan fingerprint density at radius 1 is 0.477 bits per heavy atom. The van der Waals surface area contributed by atoms with Crippen LogP contribution in [-0.2, 0) is 18.5 Å². The van der Waals surface area contributed by atoms with E-state index in [1.807, 2.05) is 0 Å². The summed E-state index contributed by atoms with van der Waals surface area (Å²) in [4.78, 5) is 0. The Morgan fingerprint density at radius 3 is 1.34 bits per heavy atom. The van der Waals surface area contributed by atoms with Crippen molar-refractivity contribution in [3.63, 3.8) is 0 Å². The van der Waals surface area contributed by atoms with E-state index in [-0.39, 0.29) is 23.0 Å². The highest BCUT2D eigenvalue weighted by atomic mass is 19.4. The van der Waals surface area contributed by atoms with Gasteiger partial charge in [-0.05, 0) is 72.6 Å². The third-order valence-electron chi connectivity index (χ3n) is 6.37. The molecule has 0 aromatic heterocycles. The molecular formula is C32H34F12. The number of rotatable bonds is 3. The Balaban J connectivity index is 0.000000330. The van der Waals surface area contributed by atoms with Gasteiger partial charge in [0.25, 0.3) is 0 Å². The highest BCUT2D eigenvalue weighted by molar-refractivity contribution is 5.37. The number of alkyl halides is 9. The molecule has 246 valence electrons. The van der Waals surface area contributed by atoms with Crippen LogP contribution in [0.4, 0.5) is 52.7 Å². The molecule has 0 nitrogen and oxygen atoms in total. The van der Waals surface area contributed by atoms with Gasteiger partial charge in [0.15, 0.2) is 0 Å². The first-order valence-electron chi connectivity index (χ1n) is 13.4. The molecular weight excluding hydrogens is 612 g/mol. The molecule has 0 aliphatic carbocycles. The van der Waals surface area contributed by atoms with Gasteiger partial charge in [0.05, 0.1) is 16.7 Å².